The molecule has 1 unspecified atom stereocenters. The van der Waals surface area contributed by atoms with Crippen LogP contribution in [0.1, 0.15) is 6.92 Å². The Morgan fingerprint density at radius 1 is 1.43 bits per heavy atom. The summed E-state index contributed by atoms with van der Waals surface area (Å²) in [6, 6.07) is 1.26. The van der Waals surface area contributed by atoms with Gasteiger partial charge < -0.3 is 10.9 Å². The molecule has 2 rings (SSSR count). The lowest BCUT2D eigenvalue weighted by Gasteiger charge is -2.36. The van der Waals surface area contributed by atoms with E-state index in [4.69, 9.17) is 10.9 Å². The summed E-state index contributed by atoms with van der Waals surface area (Å²) in [5, 5.41) is 15.8. The van der Waals surface area contributed by atoms with Gasteiger partial charge in [0.15, 0.2) is 10.9 Å². The summed E-state index contributed by atoms with van der Waals surface area (Å²) < 4.78 is 27.8. The van der Waals surface area contributed by atoms with E-state index in [9.17, 15) is 8.42 Å². The van der Waals surface area contributed by atoms with Crippen molar-refractivity contribution < 1.29 is 13.6 Å². The second-order valence-corrected chi connectivity index (χ2v) is 6.82. The zero-order chi connectivity index (χ0) is 15.6. The predicted molar refractivity (Wildman–Crippen MR) is 76.4 cm³/mol. The van der Waals surface area contributed by atoms with Crippen LogP contribution in [0.15, 0.2) is 22.4 Å². The molecule has 1 saturated heterocycles. The summed E-state index contributed by atoms with van der Waals surface area (Å²) in [5.74, 6) is 0.123. The van der Waals surface area contributed by atoms with E-state index in [2.05, 4.69) is 10.3 Å². The van der Waals surface area contributed by atoms with E-state index in [-0.39, 0.29) is 16.9 Å². The van der Waals surface area contributed by atoms with Crippen LogP contribution in [0.5, 0.6) is 0 Å². The Kier molecular flexibility index (Phi) is 4.49. The fraction of sp³-hybridized carbons (Fsp3) is 0.636. The summed E-state index contributed by atoms with van der Waals surface area (Å²) in [6.45, 7) is 3.58. The third-order valence-electron chi connectivity index (χ3n) is 3.74. The maximum absolute atomic E-state index is 12.5. The Morgan fingerprint density at radius 2 is 2.05 bits per heavy atom. The standard InChI is InChI=1S/C11H20N6O3S/c1-9(11(12)14-18)16-5-7-17(8-6-16)21(19,20)10-3-4-13-15(10)2/h3-4,9,18H,5-8H2,1-2H3,(H2,12,14). The molecule has 0 aromatic carbocycles. The van der Waals surface area contributed by atoms with E-state index in [1.165, 1.54) is 21.3 Å². The molecule has 1 aliphatic heterocycles. The molecule has 0 bridgehead atoms. The molecule has 1 aliphatic rings. The number of piperazine rings is 1. The number of hydrogen-bond donors (Lipinski definition) is 2. The average molecular weight is 316 g/mol. The van der Waals surface area contributed by atoms with Crippen LogP contribution in [0.2, 0.25) is 0 Å². The van der Waals surface area contributed by atoms with Gasteiger partial charge in [0.2, 0.25) is 0 Å². The number of nitrogens with zero attached hydrogens (tertiary/aromatic N) is 5. The Balaban J connectivity index is 2.06. The number of hydrogen-bond acceptors (Lipinski definition) is 6. The molecular formula is C11H20N6O3S. The molecule has 118 valence electrons. The van der Waals surface area contributed by atoms with Gasteiger partial charge in [-0.3, -0.25) is 9.58 Å². The molecule has 0 spiro atoms. The van der Waals surface area contributed by atoms with Crippen LogP contribution in [0.25, 0.3) is 0 Å². The molecule has 1 aromatic heterocycles. The molecule has 3 N–H and O–H groups in total. The molecule has 1 atom stereocenters. The first-order valence-corrected chi connectivity index (χ1v) is 8.01. The van der Waals surface area contributed by atoms with Gasteiger partial charge in [0.05, 0.1) is 12.2 Å². The van der Waals surface area contributed by atoms with Gasteiger partial charge in [-0.2, -0.15) is 9.40 Å². The van der Waals surface area contributed by atoms with Crippen molar-refractivity contribution in [1.82, 2.24) is 19.0 Å². The first-order valence-electron chi connectivity index (χ1n) is 6.57. The molecule has 0 aliphatic carbocycles. The van der Waals surface area contributed by atoms with Crippen LogP contribution >= 0.6 is 0 Å². The number of amidine groups is 1. The fourth-order valence-corrected chi connectivity index (χ4v) is 3.87. The zero-order valence-electron chi connectivity index (χ0n) is 12.0. The van der Waals surface area contributed by atoms with Crippen molar-refractivity contribution >= 4 is 15.9 Å². The normalized spacial score (nSPS) is 20.6. The minimum Gasteiger partial charge on any atom is -0.409 e. The third kappa shape index (κ3) is 3.01. The van der Waals surface area contributed by atoms with E-state index in [0.717, 1.165) is 0 Å². The van der Waals surface area contributed by atoms with E-state index in [1.807, 2.05) is 11.8 Å². The molecule has 0 radical (unpaired) electrons. The molecule has 10 heteroatoms. The molecule has 1 aromatic rings. The van der Waals surface area contributed by atoms with Crippen LogP contribution in [0, 0.1) is 0 Å². The fourth-order valence-electron chi connectivity index (χ4n) is 2.35. The summed E-state index contributed by atoms with van der Waals surface area (Å²) >= 11 is 0. The van der Waals surface area contributed by atoms with Crippen molar-refractivity contribution in [1.29, 1.82) is 0 Å². The number of aryl methyl sites for hydroxylation is 1. The summed E-state index contributed by atoms with van der Waals surface area (Å²) in [6.07, 6.45) is 1.46. The highest BCUT2D eigenvalue weighted by Gasteiger charge is 2.32. The maximum Gasteiger partial charge on any atom is 0.260 e. The largest absolute Gasteiger partial charge is 0.409 e. The molecule has 1 fully saturated rings. The monoisotopic (exact) mass is 316 g/mol. The van der Waals surface area contributed by atoms with Crippen molar-refractivity contribution in [2.75, 3.05) is 26.2 Å². The number of oxime groups is 1. The zero-order valence-corrected chi connectivity index (χ0v) is 12.9. The van der Waals surface area contributed by atoms with E-state index < -0.39 is 10.0 Å². The van der Waals surface area contributed by atoms with Crippen molar-refractivity contribution in [2.45, 2.75) is 18.0 Å². The summed E-state index contributed by atoms with van der Waals surface area (Å²) in [7, 11) is -1.93. The second-order valence-electron chi connectivity index (χ2n) is 4.93. The average Bonchev–Trinajstić information content (AvgIpc) is 2.92. The molecule has 21 heavy (non-hydrogen) atoms. The lowest BCUT2D eigenvalue weighted by Crippen LogP contribution is -2.54. The van der Waals surface area contributed by atoms with Crippen molar-refractivity contribution in [2.24, 2.45) is 17.9 Å². The van der Waals surface area contributed by atoms with Crippen LogP contribution in [-0.2, 0) is 17.1 Å². The van der Waals surface area contributed by atoms with Crippen LogP contribution < -0.4 is 5.73 Å². The highest BCUT2D eigenvalue weighted by molar-refractivity contribution is 7.89. The summed E-state index contributed by atoms with van der Waals surface area (Å²) in [5.41, 5.74) is 5.58. The maximum atomic E-state index is 12.5. The number of nitrogens with two attached hydrogens (primary N) is 1. The van der Waals surface area contributed by atoms with Gasteiger partial charge in [0.1, 0.15) is 0 Å². The lowest BCUT2D eigenvalue weighted by atomic mass is 10.2. The van der Waals surface area contributed by atoms with Crippen LogP contribution in [0.3, 0.4) is 0 Å². The molecule has 0 saturated carbocycles. The smallest absolute Gasteiger partial charge is 0.260 e. The first-order chi connectivity index (χ1) is 9.87. The number of rotatable bonds is 4. The van der Waals surface area contributed by atoms with Gasteiger partial charge >= 0.3 is 0 Å². The SMILES string of the molecule is CC(C(N)=NO)N1CCN(S(=O)(=O)c2ccnn2C)CC1. The van der Waals surface area contributed by atoms with E-state index >= 15 is 0 Å². The number of aromatic nitrogens is 2. The quantitative estimate of drug-likeness (QED) is 0.314. The van der Waals surface area contributed by atoms with E-state index in [0.29, 0.717) is 26.2 Å². The Bertz CT molecular complexity index is 618. The minimum atomic E-state index is -3.53. The van der Waals surface area contributed by atoms with Crippen molar-refractivity contribution in [3.8, 4) is 0 Å². The molecule has 2 heterocycles. The Hall–Kier alpha value is -1.65. The van der Waals surface area contributed by atoms with Gasteiger partial charge in [-0.05, 0) is 13.0 Å². The van der Waals surface area contributed by atoms with Crippen molar-refractivity contribution in [3.63, 3.8) is 0 Å². The highest BCUT2D eigenvalue weighted by atomic mass is 32.2. The van der Waals surface area contributed by atoms with E-state index in [1.54, 1.807) is 7.05 Å². The van der Waals surface area contributed by atoms with Gasteiger partial charge in [0, 0.05) is 33.2 Å². The highest BCUT2D eigenvalue weighted by Crippen LogP contribution is 2.17. The van der Waals surface area contributed by atoms with Crippen LogP contribution in [0.4, 0.5) is 0 Å². The topological polar surface area (TPSA) is 117 Å². The Morgan fingerprint density at radius 3 is 2.52 bits per heavy atom. The molecular weight excluding hydrogens is 296 g/mol. The van der Waals surface area contributed by atoms with Gasteiger partial charge in [-0.1, -0.05) is 5.16 Å². The third-order valence-corrected chi connectivity index (χ3v) is 5.72. The van der Waals surface area contributed by atoms with Gasteiger partial charge in [-0.15, -0.1) is 0 Å². The predicted octanol–water partition coefficient (Wildman–Crippen LogP) is -1.14. The van der Waals surface area contributed by atoms with Crippen molar-refractivity contribution in [3.05, 3.63) is 12.3 Å². The van der Waals surface area contributed by atoms with Gasteiger partial charge in [-0.25, -0.2) is 8.42 Å². The summed E-state index contributed by atoms with van der Waals surface area (Å²) in [4.78, 5) is 1.98. The second kappa shape index (κ2) is 6.00. The first kappa shape index (κ1) is 15.7. The minimum absolute atomic E-state index is 0.123. The lowest BCUT2D eigenvalue weighted by molar-refractivity contribution is 0.170. The molecule has 0 amide bonds. The van der Waals surface area contributed by atoms with Crippen LogP contribution in [-0.4, -0.2) is 70.7 Å². The number of sulfonamides is 1. The molecule has 9 nitrogen and oxygen atoms in total. The Labute approximate surface area is 123 Å². The van der Waals surface area contributed by atoms with Gasteiger partial charge in [0.25, 0.3) is 10.0 Å².